The summed E-state index contributed by atoms with van der Waals surface area (Å²) in [7, 11) is -3.46. The first-order valence-electron chi connectivity index (χ1n) is 5.95. The molecule has 19 heavy (non-hydrogen) atoms. The number of aromatic nitrogens is 2. The highest BCUT2D eigenvalue weighted by Crippen LogP contribution is 2.17. The monoisotopic (exact) mass is 287 g/mol. The zero-order valence-corrected chi connectivity index (χ0v) is 11.8. The van der Waals surface area contributed by atoms with E-state index in [1.54, 1.807) is 6.07 Å². The van der Waals surface area contributed by atoms with Crippen molar-refractivity contribution in [3.8, 4) is 0 Å². The van der Waals surface area contributed by atoms with Crippen molar-refractivity contribution in [2.45, 2.75) is 19.6 Å². The lowest BCUT2D eigenvalue weighted by molar-refractivity contribution is 0.0985. The van der Waals surface area contributed by atoms with Gasteiger partial charge in [0.05, 0.1) is 31.2 Å². The minimum Gasteiger partial charge on any atom is -0.377 e. The summed E-state index contributed by atoms with van der Waals surface area (Å²) in [5, 5.41) is 0. The van der Waals surface area contributed by atoms with Gasteiger partial charge in [0, 0.05) is 12.6 Å². The van der Waals surface area contributed by atoms with E-state index in [0.717, 1.165) is 18.6 Å². The molecule has 106 valence electrons. The molecule has 8 heteroatoms. The maximum absolute atomic E-state index is 11.0. The third-order valence-corrected chi connectivity index (χ3v) is 3.34. The van der Waals surface area contributed by atoms with Gasteiger partial charge in [0.2, 0.25) is 0 Å². The van der Waals surface area contributed by atoms with Crippen LogP contribution in [0, 0.1) is 0 Å². The Morgan fingerprint density at radius 3 is 3.00 bits per heavy atom. The van der Waals surface area contributed by atoms with Crippen molar-refractivity contribution in [3.63, 3.8) is 0 Å². The minimum absolute atomic E-state index is 0.0763. The van der Waals surface area contributed by atoms with Crippen LogP contribution in [-0.2, 0) is 25.6 Å². The Morgan fingerprint density at radius 2 is 2.32 bits per heavy atom. The highest BCUT2D eigenvalue weighted by Gasteiger charge is 2.20. The van der Waals surface area contributed by atoms with Gasteiger partial charge < -0.3 is 9.64 Å². The molecular formula is C11H17N3O4S. The highest BCUT2D eigenvalue weighted by molar-refractivity contribution is 7.85. The summed E-state index contributed by atoms with van der Waals surface area (Å²) in [6, 6.07) is 1.97. The third kappa shape index (κ3) is 4.12. The molecule has 7 nitrogen and oxygen atoms in total. The normalized spacial score (nSPS) is 20.5. The van der Waals surface area contributed by atoms with E-state index in [0.29, 0.717) is 18.9 Å². The van der Waals surface area contributed by atoms with Gasteiger partial charge in [-0.2, -0.15) is 8.42 Å². The molecule has 1 atom stereocenters. The van der Waals surface area contributed by atoms with Gasteiger partial charge in [0.15, 0.2) is 0 Å². The van der Waals surface area contributed by atoms with Crippen LogP contribution in [0.15, 0.2) is 12.4 Å². The Hall–Kier alpha value is -1.25. The fourth-order valence-electron chi connectivity index (χ4n) is 1.86. The van der Waals surface area contributed by atoms with Crippen LogP contribution in [-0.4, -0.2) is 50.4 Å². The van der Waals surface area contributed by atoms with Crippen LogP contribution >= 0.6 is 0 Å². The van der Waals surface area contributed by atoms with Crippen LogP contribution in [0.1, 0.15) is 12.6 Å². The van der Waals surface area contributed by atoms with E-state index in [-0.39, 0.29) is 12.6 Å². The van der Waals surface area contributed by atoms with Crippen molar-refractivity contribution >= 4 is 15.9 Å². The summed E-state index contributed by atoms with van der Waals surface area (Å²) in [5.41, 5.74) is 0.536. The van der Waals surface area contributed by atoms with Crippen LogP contribution in [0.4, 0.5) is 5.82 Å². The van der Waals surface area contributed by atoms with Crippen LogP contribution in [0.25, 0.3) is 0 Å². The lowest BCUT2D eigenvalue weighted by Gasteiger charge is -2.34. The molecule has 0 N–H and O–H groups in total. The van der Waals surface area contributed by atoms with E-state index in [1.165, 1.54) is 6.33 Å². The SMILES string of the molecule is C[C@H]1COCCN1c1cc(COS(C)(=O)=O)ncn1. The third-order valence-electron chi connectivity index (χ3n) is 2.79. The zero-order chi connectivity index (χ0) is 13.9. The largest absolute Gasteiger partial charge is 0.377 e. The van der Waals surface area contributed by atoms with Gasteiger partial charge in [0.1, 0.15) is 18.8 Å². The number of morpholine rings is 1. The Morgan fingerprint density at radius 1 is 1.53 bits per heavy atom. The molecule has 1 aliphatic rings. The number of hydrogen-bond acceptors (Lipinski definition) is 7. The number of rotatable bonds is 4. The van der Waals surface area contributed by atoms with E-state index in [4.69, 9.17) is 8.92 Å². The highest BCUT2D eigenvalue weighted by atomic mass is 32.2. The van der Waals surface area contributed by atoms with Crippen molar-refractivity contribution in [1.82, 2.24) is 9.97 Å². The van der Waals surface area contributed by atoms with Gasteiger partial charge in [-0.15, -0.1) is 0 Å². The van der Waals surface area contributed by atoms with Crippen LogP contribution in [0.5, 0.6) is 0 Å². The summed E-state index contributed by atoms with van der Waals surface area (Å²) in [6.07, 6.45) is 2.43. The van der Waals surface area contributed by atoms with Crippen LogP contribution in [0.3, 0.4) is 0 Å². The second kappa shape index (κ2) is 5.81. The lowest BCUT2D eigenvalue weighted by Crippen LogP contribution is -2.44. The lowest BCUT2D eigenvalue weighted by atomic mass is 10.2. The molecule has 0 unspecified atom stereocenters. The second-order valence-corrected chi connectivity index (χ2v) is 6.10. The topological polar surface area (TPSA) is 81.6 Å². The van der Waals surface area contributed by atoms with Gasteiger partial charge >= 0.3 is 0 Å². The Balaban J connectivity index is 2.10. The molecule has 0 saturated carbocycles. The number of anilines is 1. The Bertz CT molecular complexity index is 534. The van der Waals surface area contributed by atoms with E-state index >= 15 is 0 Å². The van der Waals surface area contributed by atoms with E-state index in [1.807, 2.05) is 6.92 Å². The number of nitrogens with zero attached hydrogens (tertiary/aromatic N) is 3. The fraction of sp³-hybridized carbons (Fsp3) is 0.636. The summed E-state index contributed by atoms with van der Waals surface area (Å²) in [6.45, 7) is 4.04. The van der Waals surface area contributed by atoms with Crippen molar-refractivity contribution in [2.24, 2.45) is 0 Å². The molecule has 0 bridgehead atoms. The quantitative estimate of drug-likeness (QED) is 0.730. The molecule has 1 aromatic heterocycles. The second-order valence-electron chi connectivity index (χ2n) is 4.45. The molecule has 1 aromatic rings. The molecule has 2 rings (SSSR count). The van der Waals surface area contributed by atoms with E-state index in [2.05, 4.69) is 14.9 Å². The summed E-state index contributed by atoms with van der Waals surface area (Å²) < 4.78 is 32.0. The van der Waals surface area contributed by atoms with Crippen molar-refractivity contribution < 1.29 is 17.3 Å². The number of hydrogen-bond donors (Lipinski definition) is 0. The maximum Gasteiger partial charge on any atom is 0.264 e. The van der Waals surface area contributed by atoms with Gasteiger partial charge in [-0.3, -0.25) is 4.18 Å². The predicted molar refractivity (Wildman–Crippen MR) is 69.3 cm³/mol. The fourth-order valence-corrected chi connectivity index (χ4v) is 2.19. The van der Waals surface area contributed by atoms with Crippen LogP contribution < -0.4 is 4.90 Å². The van der Waals surface area contributed by atoms with E-state index in [9.17, 15) is 8.42 Å². The minimum atomic E-state index is -3.46. The van der Waals surface area contributed by atoms with Crippen molar-refractivity contribution in [1.29, 1.82) is 0 Å². The summed E-state index contributed by atoms with van der Waals surface area (Å²) in [4.78, 5) is 10.3. The van der Waals surface area contributed by atoms with Gasteiger partial charge in [-0.25, -0.2) is 9.97 Å². The zero-order valence-electron chi connectivity index (χ0n) is 10.9. The molecule has 2 heterocycles. The first kappa shape index (κ1) is 14.2. The van der Waals surface area contributed by atoms with E-state index < -0.39 is 10.1 Å². The molecule has 1 fully saturated rings. The molecule has 0 amide bonds. The van der Waals surface area contributed by atoms with Gasteiger partial charge in [0.25, 0.3) is 10.1 Å². The molecule has 0 spiro atoms. The molecule has 0 radical (unpaired) electrons. The van der Waals surface area contributed by atoms with Crippen LogP contribution in [0.2, 0.25) is 0 Å². The van der Waals surface area contributed by atoms with Crippen molar-refractivity contribution in [2.75, 3.05) is 30.9 Å². The predicted octanol–water partition coefficient (Wildman–Crippen LogP) is 0.178. The maximum atomic E-state index is 11.0. The average molecular weight is 287 g/mol. The average Bonchev–Trinajstić information content (AvgIpc) is 2.36. The Labute approximate surface area is 112 Å². The summed E-state index contributed by atoms with van der Waals surface area (Å²) in [5.74, 6) is 0.762. The number of ether oxygens (including phenoxy) is 1. The van der Waals surface area contributed by atoms with Gasteiger partial charge in [-0.1, -0.05) is 0 Å². The standard InChI is InChI=1S/C11H17N3O4S/c1-9-6-17-4-3-14(9)11-5-10(12-8-13-11)7-18-19(2,15)16/h5,8-9H,3-4,6-7H2,1-2H3/t9-/m0/s1. The smallest absolute Gasteiger partial charge is 0.264 e. The molecule has 0 aliphatic carbocycles. The molecule has 1 aliphatic heterocycles. The molecule has 0 aromatic carbocycles. The van der Waals surface area contributed by atoms with Gasteiger partial charge in [-0.05, 0) is 6.92 Å². The summed E-state index contributed by atoms with van der Waals surface area (Å²) >= 11 is 0. The molecule has 1 saturated heterocycles. The Kier molecular flexibility index (Phi) is 4.33. The van der Waals surface area contributed by atoms with Crippen molar-refractivity contribution in [3.05, 3.63) is 18.1 Å². The molecular weight excluding hydrogens is 270 g/mol. The first-order valence-corrected chi connectivity index (χ1v) is 7.77. The first-order chi connectivity index (χ1) is 8.96.